The number of piperidine rings is 1. The lowest BCUT2D eigenvalue weighted by Gasteiger charge is -2.39. The molecule has 3 aliphatic rings. The van der Waals surface area contributed by atoms with Crippen molar-refractivity contribution >= 4 is 27.5 Å². The van der Waals surface area contributed by atoms with E-state index in [1.165, 1.54) is 42.5 Å². The number of piperazine rings is 1. The first-order valence-corrected chi connectivity index (χ1v) is 13.6. The maximum absolute atomic E-state index is 13.4. The molecular weight excluding hydrogens is 453 g/mol. The molecule has 1 aromatic carbocycles. The Bertz CT molecular complexity index is 907. The summed E-state index contributed by atoms with van der Waals surface area (Å²) in [6, 6.07) is 3.45. The Balaban J connectivity index is 1.26. The van der Waals surface area contributed by atoms with Crippen molar-refractivity contribution in [3.8, 4) is 0 Å². The van der Waals surface area contributed by atoms with Gasteiger partial charge in [0.15, 0.2) is 0 Å². The average Bonchev–Trinajstić information content (AvgIpc) is 2.81. The van der Waals surface area contributed by atoms with Gasteiger partial charge in [-0.1, -0.05) is 30.9 Å². The number of amides is 1. The van der Waals surface area contributed by atoms with Crippen molar-refractivity contribution in [2.75, 3.05) is 45.8 Å². The van der Waals surface area contributed by atoms with Crippen molar-refractivity contribution < 1.29 is 17.6 Å². The molecule has 2 aliphatic heterocycles. The van der Waals surface area contributed by atoms with Crippen LogP contribution in [0.5, 0.6) is 0 Å². The Morgan fingerprint density at radius 2 is 1.62 bits per heavy atom. The van der Waals surface area contributed by atoms with E-state index < -0.39 is 15.8 Å². The van der Waals surface area contributed by atoms with E-state index in [2.05, 4.69) is 4.90 Å². The van der Waals surface area contributed by atoms with E-state index in [9.17, 15) is 17.6 Å². The number of benzene rings is 1. The van der Waals surface area contributed by atoms with E-state index in [-0.39, 0.29) is 34.8 Å². The van der Waals surface area contributed by atoms with Crippen molar-refractivity contribution in [3.05, 3.63) is 29.0 Å². The molecule has 0 N–H and O–H groups in total. The van der Waals surface area contributed by atoms with Crippen LogP contribution in [0.1, 0.15) is 44.9 Å². The van der Waals surface area contributed by atoms with Crippen LogP contribution in [0.15, 0.2) is 23.1 Å². The lowest BCUT2D eigenvalue weighted by molar-refractivity contribution is -0.138. The second-order valence-corrected chi connectivity index (χ2v) is 11.7. The van der Waals surface area contributed by atoms with Gasteiger partial charge in [0.1, 0.15) is 5.82 Å². The molecule has 1 amide bonds. The Labute approximate surface area is 195 Å². The van der Waals surface area contributed by atoms with Gasteiger partial charge >= 0.3 is 0 Å². The van der Waals surface area contributed by atoms with Crippen LogP contribution in [0.4, 0.5) is 4.39 Å². The first-order chi connectivity index (χ1) is 15.3. The van der Waals surface area contributed by atoms with Crippen molar-refractivity contribution in [1.82, 2.24) is 14.1 Å². The maximum atomic E-state index is 13.4. The fourth-order valence-electron chi connectivity index (χ4n) is 5.27. The van der Waals surface area contributed by atoms with Gasteiger partial charge in [0.2, 0.25) is 15.9 Å². The van der Waals surface area contributed by atoms with Gasteiger partial charge in [-0.25, -0.2) is 12.8 Å². The van der Waals surface area contributed by atoms with Crippen LogP contribution in [-0.4, -0.2) is 74.2 Å². The topological polar surface area (TPSA) is 60.9 Å². The molecule has 3 fully saturated rings. The molecule has 4 rings (SSSR count). The van der Waals surface area contributed by atoms with E-state index in [1.807, 2.05) is 4.90 Å². The zero-order valence-electron chi connectivity index (χ0n) is 18.5. The fraction of sp³-hybridized carbons (Fsp3) is 0.696. The summed E-state index contributed by atoms with van der Waals surface area (Å²) in [4.78, 5) is 17.5. The number of sulfonamides is 1. The highest BCUT2D eigenvalue weighted by Crippen LogP contribution is 2.28. The zero-order valence-corrected chi connectivity index (χ0v) is 20.1. The molecule has 1 aliphatic carbocycles. The molecule has 0 bridgehead atoms. The number of halogens is 2. The molecule has 178 valence electrons. The number of nitrogens with zero attached hydrogens (tertiary/aromatic N) is 3. The molecule has 9 heteroatoms. The van der Waals surface area contributed by atoms with Crippen molar-refractivity contribution in [2.24, 2.45) is 11.8 Å². The molecule has 1 saturated carbocycles. The number of carbonyl (C=O) groups is 1. The minimum atomic E-state index is -3.75. The number of hydrogen-bond donors (Lipinski definition) is 0. The largest absolute Gasteiger partial charge is 0.340 e. The van der Waals surface area contributed by atoms with E-state index >= 15 is 0 Å². The Hall–Kier alpha value is -1.22. The molecule has 0 unspecified atom stereocenters. The summed E-state index contributed by atoms with van der Waals surface area (Å²) in [5.74, 6) is 0.189. The summed E-state index contributed by atoms with van der Waals surface area (Å²) >= 11 is 5.76. The summed E-state index contributed by atoms with van der Waals surface area (Å²) < 4.78 is 40.5. The number of rotatable bonds is 5. The molecule has 1 aromatic rings. The number of hydrogen-bond acceptors (Lipinski definition) is 4. The standard InChI is InChI=1S/C23H33ClFN3O3S/c24-21-16-20(6-7-22(21)25)32(30,31)28-10-8-19(9-11-28)23(29)27-14-12-26(13-15-27)17-18-4-2-1-3-5-18/h6-7,16,18-19H,1-5,8-15,17H2. The van der Waals surface area contributed by atoms with E-state index in [1.54, 1.807) is 0 Å². The van der Waals surface area contributed by atoms with Crippen LogP contribution >= 0.6 is 11.6 Å². The monoisotopic (exact) mass is 485 g/mol. The van der Waals surface area contributed by atoms with Crippen LogP contribution in [-0.2, 0) is 14.8 Å². The fourth-order valence-corrected chi connectivity index (χ4v) is 7.02. The van der Waals surface area contributed by atoms with Gasteiger partial charge in [0, 0.05) is 51.7 Å². The van der Waals surface area contributed by atoms with Crippen molar-refractivity contribution in [3.63, 3.8) is 0 Å². The molecule has 6 nitrogen and oxygen atoms in total. The molecule has 2 saturated heterocycles. The maximum Gasteiger partial charge on any atom is 0.243 e. The van der Waals surface area contributed by atoms with Gasteiger partial charge in [-0.05, 0) is 49.8 Å². The summed E-state index contributed by atoms with van der Waals surface area (Å²) in [7, 11) is -3.75. The molecular formula is C23H33ClFN3O3S. The first-order valence-electron chi connectivity index (χ1n) is 11.8. The van der Waals surface area contributed by atoms with Crippen molar-refractivity contribution in [1.29, 1.82) is 0 Å². The quantitative estimate of drug-likeness (QED) is 0.639. The molecule has 32 heavy (non-hydrogen) atoms. The third kappa shape index (κ3) is 5.46. The van der Waals surface area contributed by atoms with Crippen molar-refractivity contribution in [2.45, 2.75) is 49.8 Å². The Morgan fingerprint density at radius 1 is 0.969 bits per heavy atom. The third-order valence-electron chi connectivity index (χ3n) is 7.26. The van der Waals surface area contributed by atoms with Crippen LogP contribution in [0.3, 0.4) is 0 Å². The van der Waals surface area contributed by atoms with Crippen LogP contribution < -0.4 is 0 Å². The zero-order chi connectivity index (χ0) is 22.7. The minimum absolute atomic E-state index is 0.0113. The molecule has 0 aromatic heterocycles. The predicted octanol–water partition coefficient (Wildman–Crippen LogP) is 3.60. The van der Waals surface area contributed by atoms with Gasteiger partial charge in [-0.3, -0.25) is 9.69 Å². The highest BCUT2D eigenvalue weighted by atomic mass is 35.5. The molecule has 2 heterocycles. The summed E-state index contributed by atoms with van der Waals surface area (Å²) in [5.41, 5.74) is 0. The van der Waals surface area contributed by atoms with Gasteiger partial charge in [-0.2, -0.15) is 4.31 Å². The lowest BCUT2D eigenvalue weighted by Crippen LogP contribution is -2.52. The Kier molecular flexibility index (Phi) is 7.75. The van der Waals surface area contributed by atoms with Gasteiger partial charge in [0.25, 0.3) is 0 Å². The predicted molar refractivity (Wildman–Crippen MR) is 122 cm³/mol. The molecule has 0 spiro atoms. The van der Waals surface area contributed by atoms with Gasteiger partial charge in [-0.15, -0.1) is 0 Å². The molecule has 0 atom stereocenters. The van der Waals surface area contributed by atoms with E-state index in [0.29, 0.717) is 12.8 Å². The highest BCUT2D eigenvalue weighted by Gasteiger charge is 2.35. The average molecular weight is 486 g/mol. The summed E-state index contributed by atoms with van der Waals surface area (Å²) in [5, 5.41) is -0.209. The lowest BCUT2D eigenvalue weighted by atomic mass is 9.89. The van der Waals surface area contributed by atoms with Crippen LogP contribution in [0.2, 0.25) is 5.02 Å². The van der Waals surface area contributed by atoms with Crippen LogP contribution in [0, 0.1) is 17.7 Å². The highest BCUT2D eigenvalue weighted by molar-refractivity contribution is 7.89. The van der Waals surface area contributed by atoms with E-state index in [0.717, 1.165) is 50.8 Å². The molecule has 0 radical (unpaired) electrons. The third-order valence-corrected chi connectivity index (χ3v) is 9.44. The van der Waals surface area contributed by atoms with Gasteiger partial charge < -0.3 is 4.90 Å². The SMILES string of the molecule is O=C(C1CCN(S(=O)(=O)c2ccc(F)c(Cl)c2)CC1)N1CCN(CC2CCCCC2)CC1. The van der Waals surface area contributed by atoms with Gasteiger partial charge in [0.05, 0.1) is 9.92 Å². The summed E-state index contributed by atoms with van der Waals surface area (Å²) in [6.45, 7) is 5.12. The Morgan fingerprint density at radius 3 is 2.25 bits per heavy atom. The number of carbonyl (C=O) groups excluding carboxylic acids is 1. The minimum Gasteiger partial charge on any atom is -0.340 e. The van der Waals surface area contributed by atoms with E-state index in [4.69, 9.17) is 11.6 Å². The van der Waals surface area contributed by atoms with Crippen LogP contribution in [0.25, 0.3) is 0 Å². The normalized spacial score (nSPS) is 22.9. The summed E-state index contributed by atoms with van der Waals surface area (Å²) in [6.07, 6.45) is 7.77. The smallest absolute Gasteiger partial charge is 0.243 e. The second-order valence-electron chi connectivity index (χ2n) is 9.38. The second kappa shape index (κ2) is 10.4. The first kappa shape index (κ1) is 23.9.